The van der Waals surface area contributed by atoms with Crippen LogP contribution in [0, 0.1) is 11.8 Å². The second kappa shape index (κ2) is 11.5. The van der Waals surface area contributed by atoms with Crippen LogP contribution in [0.5, 0.6) is 0 Å². The molecule has 2 amide bonds. The van der Waals surface area contributed by atoms with E-state index in [4.69, 9.17) is 0 Å². The number of hydrogen-bond acceptors (Lipinski definition) is 4. The highest BCUT2D eigenvalue weighted by Crippen LogP contribution is 2.54. The maximum atomic E-state index is 14.5. The Morgan fingerprint density at radius 1 is 0.767 bits per heavy atom. The Balaban J connectivity index is 1.46. The molecule has 0 bridgehead atoms. The van der Waals surface area contributed by atoms with Gasteiger partial charge in [-0.15, -0.1) is 0 Å². The number of anilines is 1. The number of aliphatic carboxylic acids is 1. The molecule has 2 N–H and O–H groups in total. The summed E-state index contributed by atoms with van der Waals surface area (Å²) in [6.07, 6.45) is 5.31. The first kappa shape index (κ1) is 28.3. The molecule has 6 heteroatoms. The molecular formula is C37H34N2O4. The number of nitrogens with one attached hydrogen (secondary N) is 1. The fourth-order valence-corrected chi connectivity index (χ4v) is 6.77. The number of imide groups is 1. The number of para-hydroxylation sites is 1. The van der Waals surface area contributed by atoms with Gasteiger partial charge in [0.1, 0.15) is 0 Å². The lowest BCUT2D eigenvalue weighted by atomic mass is 9.75. The van der Waals surface area contributed by atoms with E-state index in [0.29, 0.717) is 24.1 Å². The van der Waals surface area contributed by atoms with Crippen LogP contribution in [0.2, 0.25) is 0 Å². The smallest absolute Gasteiger partial charge is 0.329 e. The zero-order valence-corrected chi connectivity index (χ0v) is 24.2. The number of carboxylic acids is 1. The topological polar surface area (TPSA) is 86.7 Å². The van der Waals surface area contributed by atoms with Gasteiger partial charge in [0.2, 0.25) is 11.8 Å². The number of rotatable bonds is 8. The molecule has 0 aromatic heterocycles. The number of carboxylic acid groups (broad SMARTS) is 1. The number of carbonyl (C=O) groups is 3. The Bertz CT molecular complexity index is 1680. The Kier molecular flexibility index (Phi) is 7.55. The third kappa shape index (κ3) is 4.68. The van der Waals surface area contributed by atoms with Crippen molar-refractivity contribution in [1.82, 2.24) is 5.32 Å². The number of fused-ring (bicyclic) bond motifs is 1. The maximum Gasteiger partial charge on any atom is 0.329 e. The molecule has 0 radical (unpaired) electrons. The van der Waals surface area contributed by atoms with Crippen molar-refractivity contribution in [3.63, 3.8) is 0 Å². The predicted octanol–water partition coefficient (Wildman–Crippen LogP) is 6.41. The molecule has 4 aromatic rings. The Labute approximate surface area is 251 Å². The van der Waals surface area contributed by atoms with E-state index in [0.717, 1.165) is 27.8 Å². The SMILES string of the molecule is CCc1cccc(CC)c1N1C(=O)C2C(c3ccc(/C=C/c4ccccc4)cc3)NC(C(=O)O)(c3ccccc3)C2C1=O. The Hall–Kier alpha value is -4.81. The van der Waals surface area contributed by atoms with Crippen molar-refractivity contribution in [2.24, 2.45) is 11.8 Å². The summed E-state index contributed by atoms with van der Waals surface area (Å²) < 4.78 is 0. The zero-order valence-electron chi connectivity index (χ0n) is 24.2. The van der Waals surface area contributed by atoms with Gasteiger partial charge >= 0.3 is 5.97 Å². The standard InChI is InChI=1S/C37H34N2O4/c1-3-26-14-11-15-27(4-2)33(26)39-34(40)30-31(35(39)41)37(36(42)43,29-16-9-6-10-17-29)38-32(30)28-22-20-25(21-23-28)19-18-24-12-7-5-8-13-24/h5-23,30-32,38H,3-4H2,1-2H3,(H,42,43)/b19-18+. The van der Waals surface area contributed by atoms with E-state index in [1.54, 1.807) is 24.3 Å². The van der Waals surface area contributed by atoms with Gasteiger partial charge in [0.15, 0.2) is 5.54 Å². The van der Waals surface area contributed by atoms with Crippen molar-refractivity contribution in [1.29, 1.82) is 0 Å². The van der Waals surface area contributed by atoms with E-state index in [1.807, 2.05) is 105 Å². The Morgan fingerprint density at radius 3 is 1.88 bits per heavy atom. The number of nitrogens with zero attached hydrogens (tertiary/aromatic N) is 1. The van der Waals surface area contributed by atoms with E-state index >= 15 is 0 Å². The molecule has 6 rings (SSSR count). The van der Waals surface area contributed by atoms with Gasteiger partial charge in [0, 0.05) is 6.04 Å². The minimum atomic E-state index is -1.78. The summed E-state index contributed by atoms with van der Waals surface area (Å²) >= 11 is 0. The van der Waals surface area contributed by atoms with Crippen molar-refractivity contribution < 1.29 is 19.5 Å². The molecule has 0 saturated carbocycles. The quantitative estimate of drug-likeness (QED) is 0.189. The van der Waals surface area contributed by atoms with Crippen LogP contribution in [0.3, 0.4) is 0 Å². The lowest BCUT2D eigenvalue weighted by Crippen LogP contribution is -2.53. The normalized spacial score (nSPS) is 23.2. The van der Waals surface area contributed by atoms with Crippen LogP contribution in [0.25, 0.3) is 12.2 Å². The van der Waals surface area contributed by atoms with Crippen LogP contribution < -0.4 is 10.2 Å². The largest absolute Gasteiger partial charge is 0.480 e. The lowest BCUT2D eigenvalue weighted by Gasteiger charge is -2.32. The molecule has 4 unspecified atom stereocenters. The van der Waals surface area contributed by atoms with Crippen molar-refractivity contribution in [2.45, 2.75) is 38.3 Å². The fourth-order valence-electron chi connectivity index (χ4n) is 6.77. The van der Waals surface area contributed by atoms with E-state index in [-0.39, 0.29) is 5.91 Å². The van der Waals surface area contributed by atoms with Gasteiger partial charge in [-0.2, -0.15) is 0 Å². The molecule has 0 spiro atoms. The molecule has 43 heavy (non-hydrogen) atoms. The molecule has 2 saturated heterocycles. The number of benzene rings is 4. The number of carbonyl (C=O) groups excluding carboxylic acids is 2. The molecule has 2 heterocycles. The molecule has 216 valence electrons. The summed E-state index contributed by atoms with van der Waals surface area (Å²) in [5.74, 6) is -4.05. The maximum absolute atomic E-state index is 14.5. The van der Waals surface area contributed by atoms with Crippen molar-refractivity contribution >= 4 is 35.6 Å². The monoisotopic (exact) mass is 570 g/mol. The lowest BCUT2D eigenvalue weighted by molar-refractivity contribution is -0.149. The van der Waals surface area contributed by atoms with Crippen molar-refractivity contribution in [2.75, 3.05) is 4.90 Å². The number of aryl methyl sites for hydroxylation is 2. The summed E-state index contributed by atoms with van der Waals surface area (Å²) in [5.41, 5.74) is 3.85. The second-order valence-electron chi connectivity index (χ2n) is 11.2. The first-order valence-corrected chi connectivity index (χ1v) is 14.8. The van der Waals surface area contributed by atoms with Crippen LogP contribution in [0.4, 0.5) is 5.69 Å². The van der Waals surface area contributed by atoms with E-state index < -0.39 is 35.3 Å². The van der Waals surface area contributed by atoms with Gasteiger partial charge in [0.25, 0.3) is 0 Å². The average Bonchev–Trinajstić information content (AvgIpc) is 3.54. The van der Waals surface area contributed by atoms with Crippen LogP contribution in [0.15, 0.2) is 103 Å². The van der Waals surface area contributed by atoms with Crippen LogP contribution in [0.1, 0.15) is 53.3 Å². The van der Waals surface area contributed by atoms with Gasteiger partial charge < -0.3 is 5.11 Å². The molecule has 4 atom stereocenters. The van der Waals surface area contributed by atoms with E-state index in [2.05, 4.69) is 5.32 Å². The second-order valence-corrected chi connectivity index (χ2v) is 11.2. The first-order chi connectivity index (χ1) is 20.9. The van der Waals surface area contributed by atoms with Crippen molar-refractivity contribution in [3.05, 3.63) is 137 Å². The highest BCUT2D eigenvalue weighted by atomic mass is 16.4. The van der Waals surface area contributed by atoms with Gasteiger partial charge in [-0.05, 0) is 46.2 Å². The number of amides is 2. The number of hydrogen-bond donors (Lipinski definition) is 2. The van der Waals surface area contributed by atoms with Gasteiger partial charge in [-0.1, -0.05) is 129 Å². The third-order valence-corrected chi connectivity index (χ3v) is 8.88. The summed E-state index contributed by atoms with van der Waals surface area (Å²) in [5, 5.41) is 14.2. The molecule has 2 aliphatic rings. The molecular weight excluding hydrogens is 536 g/mol. The highest BCUT2D eigenvalue weighted by molar-refractivity contribution is 6.25. The van der Waals surface area contributed by atoms with Crippen LogP contribution >= 0.6 is 0 Å². The first-order valence-electron chi connectivity index (χ1n) is 14.8. The molecule has 2 fully saturated rings. The molecule has 4 aromatic carbocycles. The Morgan fingerprint density at radius 2 is 1.33 bits per heavy atom. The molecule has 6 nitrogen and oxygen atoms in total. The molecule has 0 aliphatic carbocycles. The van der Waals surface area contributed by atoms with E-state index in [9.17, 15) is 19.5 Å². The summed E-state index contributed by atoms with van der Waals surface area (Å²) in [4.78, 5) is 43.5. The average molecular weight is 571 g/mol. The fraction of sp³-hybridized carbons (Fsp3) is 0.216. The summed E-state index contributed by atoms with van der Waals surface area (Å²) in [6, 6.07) is 31.6. The van der Waals surface area contributed by atoms with E-state index in [1.165, 1.54) is 4.90 Å². The summed E-state index contributed by atoms with van der Waals surface area (Å²) in [6.45, 7) is 3.99. The molecule has 2 aliphatic heterocycles. The highest BCUT2D eigenvalue weighted by Gasteiger charge is 2.69. The minimum absolute atomic E-state index is 0.366. The predicted molar refractivity (Wildman–Crippen MR) is 168 cm³/mol. The van der Waals surface area contributed by atoms with Gasteiger partial charge in [-0.3, -0.25) is 14.9 Å². The van der Waals surface area contributed by atoms with Crippen LogP contribution in [-0.4, -0.2) is 22.9 Å². The third-order valence-electron chi connectivity index (χ3n) is 8.88. The minimum Gasteiger partial charge on any atom is -0.480 e. The van der Waals surface area contributed by atoms with Gasteiger partial charge in [0.05, 0.1) is 17.5 Å². The van der Waals surface area contributed by atoms with Gasteiger partial charge in [-0.25, -0.2) is 9.69 Å². The zero-order chi connectivity index (χ0) is 30.1. The summed E-state index contributed by atoms with van der Waals surface area (Å²) in [7, 11) is 0. The van der Waals surface area contributed by atoms with Crippen LogP contribution in [-0.2, 0) is 32.8 Å². The van der Waals surface area contributed by atoms with Crippen molar-refractivity contribution in [3.8, 4) is 0 Å².